The fourth-order valence-corrected chi connectivity index (χ4v) is 3.09. The molecule has 0 aliphatic carbocycles. The molecule has 4 nitrogen and oxygen atoms in total. The van der Waals surface area contributed by atoms with Crippen LogP contribution in [0.1, 0.15) is 25.7 Å². The molecule has 1 saturated heterocycles. The summed E-state index contributed by atoms with van der Waals surface area (Å²) in [5.41, 5.74) is 0.394. The van der Waals surface area contributed by atoms with Crippen molar-refractivity contribution in [3.63, 3.8) is 0 Å². The molecule has 1 unspecified atom stereocenters. The third kappa shape index (κ3) is 2.97. The molecule has 0 bridgehead atoms. The summed E-state index contributed by atoms with van der Waals surface area (Å²) in [4.78, 5) is 19.0. The smallest absolute Gasteiger partial charge is 0.261 e. The maximum absolute atomic E-state index is 13.3. The third-order valence-corrected chi connectivity index (χ3v) is 4.41. The summed E-state index contributed by atoms with van der Waals surface area (Å²) >= 11 is 0. The number of piperidine rings is 1. The zero-order valence-electron chi connectivity index (χ0n) is 12.3. The highest BCUT2D eigenvalue weighted by molar-refractivity contribution is 5.77. The topological polar surface area (TPSA) is 38.1 Å². The molecule has 1 aromatic heterocycles. The quantitative estimate of drug-likeness (QED) is 0.871. The van der Waals surface area contributed by atoms with Gasteiger partial charge in [-0.2, -0.15) is 0 Å². The van der Waals surface area contributed by atoms with Gasteiger partial charge in [0.05, 0.1) is 17.2 Å². The maximum atomic E-state index is 13.3. The Balaban J connectivity index is 1.81. The second kappa shape index (κ2) is 5.93. The van der Waals surface area contributed by atoms with Crippen LogP contribution < -0.4 is 5.56 Å². The standard InChI is InChI=1S/C16H20FN3O/c1-19-8-3-2-4-13(19)7-9-20-11-18-15-6-5-12(17)10-14(15)16(20)21/h5-6,10-11,13H,2-4,7-9H2,1H3. The lowest BCUT2D eigenvalue weighted by Gasteiger charge is -2.32. The molecule has 2 heterocycles. The Morgan fingerprint density at radius 1 is 1.38 bits per heavy atom. The molecule has 1 aromatic carbocycles. The van der Waals surface area contributed by atoms with Gasteiger partial charge in [-0.05, 0) is 51.1 Å². The van der Waals surface area contributed by atoms with E-state index in [1.165, 1.54) is 31.4 Å². The van der Waals surface area contributed by atoms with Crippen molar-refractivity contribution >= 4 is 10.9 Å². The molecule has 112 valence electrons. The summed E-state index contributed by atoms with van der Waals surface area (Å²) in [6.45, 7) is 1.76. The minimum absolute atomic E-state index is 0.155. The summed E-state index contributed by atoms with van der Waals surface area (Å²) in [6.07, 6.45) is 6.19. The number of aromatic nitrogens is 2. The number of hydrogen-bond donors (Lipinski definition) is 0. The molecule has 0 saturated carbocycles. The first kappa shape index (κ1) is 14.2. The summed E-state index contributed by atoms with van der Waals surface area (Å²) in [7, 11) is 2.14. The van der Waals surface area contributed by atoms with E-state index in [4.69, 9.17) is 0 Å². The second-order valence-corrected chi connectivity index (χ2v) is 5.82. The second-order valence-electron chi connectivity index (χ2n) is 5.82. The van der Waals surface area contributed by atoms with Crippen LogP contribution in [0.15, 0.2) is 29.3 Å². The van der Waals surface area contributed by atoms with Crippen molar-refractivity contribution in [3.05, 3.63) is 40.7 Å². The molecule has 1 atom stereocenters. The van der Waals surface area contributed by atoms with Gasteiger partial charge in [0, 0.05) is 12.6 Å². The molecule has 0 radical (unpaired) electrons. The fraction of sp³-hybridized carbons (Fsp3) is 0.500. The van der Waals surface area contributed by atoms with Gasteiger partial charge >= 0.3 is 0 Å². The lowest BCUT2D eigenvalue weighted by Crippen LogP contribution is -2.37. The molecule has 1 aliphatic heterocycles. The summed E-state index contributed by atoms with van der Waals surface area (Å²) in [5.74, 6) is -0.397. The van der Waals surface area contributed by atoms with Crippen molar-refractivity contribution in [1.82, 2.24) is 14.5 Å². The van der Waals surface area contributed by atoms with Crippen LogP contribution in [0.4, 0.5) is 4.39 Å². The van der Waals surface area contributed by atoms with Crippen LogP contribution in [0.3, 0.4) is 0 Å². The van der Waals surface area contributed by atoms with E-state index >= 15 is 0 Å². The van der Waals surface area contributed by atoms with Crippen molar-refractivity contribution in [2.45, 2.75) is 38.3 Å². The van der Waals surface area contributed by atoms with E-state index in [-0.39, 0.29) is 5.56 Å². The van der Waals surface area contributed by atoms with Crippen LogP contribution in [-0.2, 0) is 6.54 Å². The van der Waals surface area contributed by atoms with E-state index in [2.05, 4.69) is 16.9 Å². The Labute approximate surface area is 123 Å². The molecule has 2 aromatic rings. The monoisotopic (exact) mass is 289 g/mol. The minimum atomic E-state index is -0.397. The van der Waals surface area contributed by atoms with Crippen LogP contribution in [0.5, 0.6) is 0 Å². The normalized spacial score (nSPS) is 20.0. The third-order valence-electron chi connectivity index (χ3n) is 4.41. The van der Waals surface area contributed by atoms with Crippen molar-refractivity contribution in [3.8, 4) is 0 Å². The van der Waals surface area contributed by atoms with Gasteiger partial charge in [-0.15, -0.1) is 0 Å². The highest BCUT2D eigenvalue weighted by Gasteiger charge is 2.18. The SMILES string of the molecule is CN1CCCCC1CCn1cnc2ccc(F)cc2c1=O. The molecule has 0 amide bonds. The largest absolute Gasteiger partial charge is 0.303 e. The highest BCUT2D eigenvalue weighted by Crippen LogP contribution is 2.18. The number of aryl methyl sites for hydroxylation is 1. The van der Waals surface area contributed by atoms with E-state index in [1.54, 1.807) is 17.0 Å². The predicted octanol–water partition coefficient (Wildman–Crippen LogP) is 2.41. The maximum Gasteiger partial charge on any atom is 0.261 e. The molecule has 0 spiro atoms. The molecule has 1 aliphatic rings. The summed E-state index contributed by atoms with van der Waals surface area (Å²) in [6, 6.07) is 4.67. The average Bonchev–Trinajstić information content (AvgIpc) is 2.49. The van der Waals surface area contributed by atoms with Crippen molar-refractivity contribution in [2.75, 3.05) is 13.6 Å². The number of likely N-dealkylation sites (tertiary alicyclic amines) is 1. The zero-order valence-corrected chi connectivity index (χ0v) is 12.3. The van der Waals surface area contributed by atoms with Crippen molar-refractivity contribution in [2.24, 2.45) is 0 Å². The van der Waals surface area contributed by atoms with Gasteiger partial charge < -0.3 is 4.90 Å². The highest BCUT2D eigenvalue weighted by atomic mass is 19.1. The molecule has 5 heteroatoms. The van der Waals surface area contributed by atoms with Crippen molar-refractivity contribution < 1.29 is 4.39 Å². The van der Waals surface area contributed by atoms with Gasteiger partial charge in [-0.1, -0.05) is 6.42 Å². The van der Waals surface area contributed by atoms with Gasteiger partial charge in [0.2, 0.25) is 0 Å². The van der Waals surface area contributed by atoms with Crippen LogP contribution in [0, 0.1) is 5.82 Å². The van der Waals surface area contributed by atoms with Gasteiger partial charge in [-0.3, -0.25) is 9.36 Å². The molecule has 0 N–H and O–H groups in total. The number of halogens is 1. The van der Waals surface area contributed by atoms with E-state index in [9.17, 15) is 9.18 Å². The number of benzene rings is 1. The number of rotatable bonds is 3. The fourth-order valence-electron chi connectivity index (χ4n) is 3.09. The van der Waals surface area contributed by atoms with Crippen LogP contribution >= 0.6 is 0 Å². The summed E-state index contributed by atoms with van der Waals surface area (Å²) < 4.78 is 14.9. The van der Waals surface area contributed by atoms with E-state index in [0.717, 1.165) is 13.0 Å². The molecular weight excluding hydrogens is 269 g/mol. The van der Waals surface area contributed by atoms with Crippen LogP contribution in [-0.4, -0.2) is 34.1 Å². The molecular formula is C16H20FN3O. The van der Waals surface area contributed by atoms with E-state index in [0.29, 0.717) is 23.5 Å². The first-order valence-electron chi connectivity index (χ1n) is 7.50. The van der Waals surface area contributed by atoms with Gasteiger partial charge in [0.1, 0.15) is 5.82 Å². The Hall–Kier alpha value is -1.75. The number of fused-ring (bicyclic) bond motifs is 1. The van der Waals surface area contributed by atoms with Gasteiger partial charge in [-0.25, -0.2) is 9.37 Å². The molecule has 1 fully saturated rings. The number of nitrogens with zero attached hydrogens (tertiary/aromatic N) is 3. The Bertz CT molecular complexity index is 697. The Morgan fingerprint density at radius 2 is 2.24 bits per heavy atom. The van der Waals surface area contributed by atoms with Crippen LogP contribution in [0.25, 0.3) is 10.9 Å². The van der Waals surface area contributed by atoms with Crippen molar-refractivity contribution in [1.29, 1.82) is 0 Å². The predicted molar refractivity (Wildman–Crippen MR) is 80.8 cm³/mol. The lowest BCUT2D eigenvalue weighted by molar-refractivity contribution is 0.170. The molecule has 3 rings (SSSR count). The first-order valence-corrected chi connectivity index (χ1v) is 7.50. The zero-order chi connectivity index (χ0) is 14.8. The Morgan fingerprint density at radius 3 is 3.05 bits per heavy atom. The summed E-state index contributed by atoms with van der Waals surface area (Å²) in [5, 5.41) is 0.356. The van der Waals surface area contributed by atoms with Gasteiger partial charge in [0.25, 0.3) is 5.56 Å². The van der Waals surface area contributed by atoms with E-state index in [1.807, 2.05) is 0 Å². The van der Waals surface area contributed by atoms with Gasteiger partial charge in [0.15, 0.2) is 0 Å². The lowest BCUT2D eigenvalue weighted by atomic mass is 10.0. The minimum Gasteiger partial charge on any atom is -0.303 e. The first-order chi connectivity index (χ1) is 10.1. The van der Waals surface area contributed by atoms with Crippen LogP contribution in [0.2, 0.25) is 0 Å². The Kier molecular flexibility index (Phi) is 4.01. The number of hydrogen-bond acceptors (Lipinski definition) is 3. The average molecular weight is 289 g/mol. The molecule has 21 heavy (non-hydrogen) atoms. The van der Waals surface area contributed by atoms with E-state index < -0.39 is 5.82 Å².